The number of carbonyl (C=O) groups excluding carboxylic acids is 1. The SMILES string of the molecule is O=C1O[C@@H](CCC2=NCC=C2)CN1c1ccc(-c2ccc(CNCc3cn[nH]n3)nc2)c(F)c1F. The zero-order chi connectivity index (χ0) is 24.2. The van der Waals surface area contributed by atoms with Crippen LogP contribution in [0.3, 0.4) is 0 Å². The van der Waals surface area contributed by atoms with Crippen molar-refractivity contribution >= 4 is 17.5 Å². The van der Waals surface area contributed by atoms with Crippen molar-refractivity contribution in [2.24, 2.45) is 4.99 Å². The summed E-state index contributed by atoms with van der Waals surface area (Å²) < 4.78 is 35.4. The number of nitrogens with zero attached hydrogens (tertiary/aromatic N) is 5. The monoisotopic (exact) mass is 479 g/mol. The highest BCUT2D eigenvalue weighted by Crippen LogP contribution is 2.33. The van der Waals surface area contributed by atoms with Crippen LogP contribution >= 0.6 is 0 Å². The van der Waals surface area contributed by atoms with Crippen LogP contribution in [0.15, 0.2) is 53.8 Å². The maximum atomic E-state index is 15.0. The minimum Gasteiger partial charge on any atom is -0.444 e. The first kappa shape index (κ1) is 22.8. The van der Waals surface area contributed by atoms with Gasteiger partial charge in [0.25, 0.3) is 0 Å². The lowest BCUT2D eigenvalue weighted by Gasteiger charge is -2.16. The summed E-state index contributed by atoms with van der Waals surface area (Å²) in [5.74, 6) is -2.13. The molecule has 11 heteroatoms. The van der Waals surface area contributed by atoms with Gasteiger partial charge in [0.05, 0.1) is 36.4 Å². The summed E-state index contributed by atoms with van der Waals surface area (Å²) in [4.78, 5) is 22.1. The van der Waals surface area contributed by atoms with Crippen molar-refractivity contribution in [3.63, 3.8) is 0 Å². The van der Waals surface area contributed by atoms with E-state index in [0.29, 0.717) is 38.0 Å². The molecule has 1 saturated heterocycles. The molecule has 1 aromatic carbocycles. The number of ether oxygens (including phenoxy) is 1. The van der Waals surface area contributed by atoms with E-state index in [1.807, 2.05) is 12.2 Å². The first-order valence-electron chi connectivity index (χ1n) is 11.2. The lowest BCUT2D eigenvalue weighted by molar-refractivity contribution is 0.138. The number of nitrogens with one attached hydrogen (secondary N) is 2. The molecule has 0 unspecified atom stereocenters. The van der Waals surface area contributed by atoms with E-state index in [1.54, 1.807) is 18.3 Å². The number of hydrogen-bond acceptors (Lipinski definition) is 7. The standard InChI is InChI=1S/C24H23F2N7O2/c25-22-20(15-3-4-17(29-10-15)11-27-12-18-13-30-32-31-18)7-8-21(23(22)26)33-14-19(35-24(33)34)6-5-16-2-1-9-28-16/h1-4,7-8,10,13,19,27H,5-6,9,11-12,14H2,(H,30,31,32)/t19-/m0/s1. The number of hydrogen-bond donors (Lipinski definition) is 2. The van der Waals surface area contributed by atoms with Crippen LogP contribution < -0.4 is 10.2 Å². The second-order valence-electron chi connectivity index (χ2n) is 8.25. The number of benzene rings is 1. The molecule has 1 amide bonds. The van der Waals surface area contributed by atoms with Gasteiger partial charge in [-0.2, -0.15) is 15.4 Å². The number of aliphatic imine (C=N–C) groups is 1. The van der Waals surface area contributed by atoms with Crippen molar-refractivity contribution in [3.8, 4) is 11.1 Å². The number of H-pyrrole nitrogens is 1. The zero-order valence-corrected chi connectivity index (χ0v) is 18.7. The molecule has 0 radical (unpaired) electrons. The Hall–Kier alpha value is -3.99. The first-order chi connectivity index (χ1) is 17.1. The van der Waals surface area contributed by atoms with Gasteiger partial charge in [0, 0.05) is 36.1 Å². The summed E-state index contributed by atoms with van der Waals surface area (Å²) >= 11 is 0. The van der Waals surface area contributed by atoms with Gasteiger partial charge < -0.3 is 10.1 Å². The van der Waals surface area contributed by atoms with E-state index < -0.39 is 23.8 Å². The Bertz CT molecular complexity index is 1260. The minimum atomic E-state index is -1.10. The van der Waals surface area contributed by atoms with Crippen molar-refractivity contribution in [2.75, 3.05) is 18.0 Å². The molecule has 9 nitrogen and oxygen atoms in total. The Morgan fingerprint density at radius 3 is 2.74 bits per heavy atom. The van der Waals surface area contributed by atoms with Crippen LogP contribution in [-0.2, 0) is 17.8 Å². The molecule has 4 heterocycles. The van der Waals surface area contributed by atoms with E-state index in [4.69, 9.17) is 4.74 Å². The fourth-order valence-corrected chi connectivity index (χ4v) is 4.04. The molecule has 0 spiro atoms. The minimum absolute atomic E-state index is 0.0657. The number of amides is 1. The lowest BCUT2D eigenvalue weighted by Crippen LogP contribution is -2.26. The average Bonchev–Trinajstić information content (AvgIpc) is 3.63. The van der Waals surface area contributed by atoms with Gasteiger partial charge in [-0.3, -0.25) is 14.9 Å². The number of pyridine rings is 1. The maximum absolute atomic E-state index is 15.0. The molecule has 0 saturated carbocycles. The van der Waals surface area contributed by atoms with Crippen molar-refractivity contribution in [1.82, 2.24) is 25.7 Å². The Morgan fingerprint density at radius 1 is 1.11 bits per heavy atom. The molecule has 35 heavy (non-hydrogen) atoms. The van der Waals surface area contributed by atoms with Gasteiger partial charge in [-0.1, -0.05) is 12.1 Å². The van der Waals surface area contributed by atoms with Gasteiger partial charge in [0.15, 0.2) is 11.6 Å². The number of anilines is 1. The van der Waals surface area contributed by atoms with Crippen molar-refractivity contribution in [2.45, 2.75) is 32.0 Å². The van der Waals surface area contributed by atoms with E-state index in [0.717, 1.165) is 22.0 Å². The summed E-state index contributed by atoms with van der Waals surface area (Å²) in [7, 11) is 0. The lowest BCUT2D eigenvalue weighted by atomic mass is 10.0. The van der Waals surface area contributed by atoms with Crippen LogP contribution in [0, 0.1) is 11.6 Å². The molecule has 0 aliphatic carbocycles. The second-order valence-corrected chi connectivity index (χ2v) is 8.25. The molecular weight excluding hydrogens is 456 g/mol. The van der Waals surface area contributed by atoms with Gasteiger partial charge in [-0.25, -0.2) is 13.6 Å². The molecule has 2 aliphatic rings. The third kappa shape index (κ3) is 5.09. The van der Waals surface area contributed by atoms with Gasteiger partial charge in [0.2, 0.25) is 0 Å². The number of rotatable bonds is 9. The summed E-state index contributed by atoms with van der Waals surface area (Å²) in [5, 5.41) is 13.4. The highest BCUT2D eigenvalue weighted by Gasteiger charge is 2.34. The number of aromatic amines is 1. The molecule has 2 aliphatic heterocycles. The quantitative estimate of drug-likeness (QED) is 0.486. The number of carbonyl (C=O) groups is 1. The Morgan fingerprint density at radius 2 is 2.00 bits per heavy atom. The molecule has 0 bridgehead atoms. The molecule has 2 N–H and O–H groups in total. The van der Waals surface area contributed by atoms with Crippen LogP contribution in [-0.4, -0.2) is 51.4 Å². The number of allylic oxidation sites excluding steroid dienone is 1. The zero-order valence-electron chi connectivity index (χ0n) is 18.7. The van der Waals surface area contributed by atoms with E-state index in [-0.39, 0.29) is 17.8 Å². The van der Waals surface area contributed by atoms with E-state index in [9.17, 15) is 4.79 Å². The highest BCUT2D eigenvalue weighted by atomic mass is 19.2. The fraction of sp³-hybridized carbons (Fsp3) is 0.292. The Balaban J connectivity index is 1.23. The van der Waals surface area contributed by atoms with Crippen LogP contribution in [0.2, 0.25) is 0 Å². The van der Waals surface area contributed by atoms with Crippen LogP contribution in [0.4, 0.5) is 19.3 Å². The summed E-state index contributed by atoms with van der Waals surface area (Å²) in [6, 6.07) is 6.26. The third-order valence-corrected chi connectivity index (χ3v) is 5.87. The molecular formula is C24H23F2N7O2. The summed E-state index contributed by atoms with van der Waals surface area (Å²) in [6.45, 7) is 1.82. The topological polar surface area (TPSA) is 108 Å². The van der Waals surface area contributed by atoms with Crippen LogP contribution in [0.25, 0.3) is 11.1 Å². The molecule has 3 aromatic rings. The highest BCUT2D eigenvalue weighted by molar-refractivity contribution is 5.96. The van der Waals surface area contributed by atoms with E-state index in [2.05, 4.69) is 30.7 Å². The summed E-state index contributed by atoms with van der Waals surface area (Å²) in [6.07, 6.45) is 7.16. The predicted octanol–water partition coefficient (Wildman–Crippen LogP) is 3.55. The molecule has 1 fully saturated rings. The fourth-order valence-electron chi connectivity index (χ4n) is 4.04. The smallest absolute Gasteiger partial charge is 0.414 e. The van der Waals surface area contributed by atoms with Gasteiger partial charge in [-0.05, 0) is 37.1 Å². The molecule has 180 valence electrons. The van der Waals surface area contributed by atoms with E-state index in [1.165, 1.54) is 18.3 Å². The van der Waals surface area contributed by atoms with Gasteiger partial charge in [-0.15, -0.1) is 0 Å². The maximum Gasteiger partial charge on any atom is 0.414 e. The largest absolute Gasteiger partial charge is 0.444 e. The van der Waals surface area contributed by atoms with Crippen LogP contribution in [0.1, 0.15) is 24.2 Å². The van der Waals surface area contributed by atoms with Crippen molar-refractivity contribution < 1.29 is 18.3 Å². The second kappa shape index (κ2) is 10.1. The number of cyclic esters (lactones) is 1. The predicted molar refractivity (Wildman–Crippen MR) is 125 cm³/mol. The summed E-state index contributed by atoms with van der Waals surface area (Å²) in [5.41, 5.74) is 2.81. The Labute approximate surface area is 199 Å². The van der Waals surface area contributed by atoms with Gasteiger partial charge >= 0.3 is 6.09 Å². The van der Waals surface area contributed by atoms with E-state index >= 15 is 8.78 Å². The third-order valence-electron chi connectivity index (χ3n) is 5.87. The average molecular weight is 479 g/mol. The normalized spacial score (nSPS) is 17.2. The van der Waals surface area contributed by atoms with Crippen molar-refractivity contribution in [3.05, 3.63) is 71.8 Å². The Kier molecular flexibility index (Phi) is 6.57. The first-order valence-corrected chi connectivity index (χ1v) is 11.2. The molecule has 5 rings (SSSR count). The number of halogens is 2. The van der Waals surface area contributed by atoms with Crippen molar-refractivity contribution in [1.29, 1.82) is 0 Å². The molecule has 1 atom stereocenters. The van der Waals surface area contributed by atoms with Gasteiger partial charge in [0.1, 0.15) is 6.10 Å². The number of aromatic nitrogens is 4. The molecule has 2 aromatic heterocycles. The van der Waals surface area contributed by atoms with Crippen LogP contribution in [0.5, 0.6) is 0 Å².